The Labute approximate surface area is 217 Å². The summed E-state index contributed by atoms with van der Waals surface area (Å²) in [6.07, 6.45) is 1.04. The first-order valence-electron chi connectivity index (χ1n) is 12.2. The molecule has 3 aromatic carbocycles. The second-order valence-corrected chi connectivity index (χ2v) is 8.42. The third-order valence-electron chi connectivity index (χ3n) is 5.49. The van der Waals surface area contributed by atoms with Crippen LogP contribution in [0.1, 0.15) is 43.7 Å². The smallest absolute Gasteiger partial charge is 0.321 e. The summed E-state index contributed by atoms with van der Waals surface area (Å²) in [6.45, 7) is 3.42. The summed E-state index contributed by atoms with van der Waals surface area (Å²) in [4.78, 5) is 34.3. The van der Waals surface area contributed by atoms with Crippen molar-refractivity contribution in [3.63, 3.8) is 0 Å². The standard InChI is InChI=1S/C19H21NO3.C10H14N2O2/c1-3-8-17(21)20-18-15(13(2)19(22)23)11-7-12-16(18)14-9-5-4-6-10-14;11-7-10(13)14-9(12)6-8-4-2-1-3-5-8/h4-7,9-13H,3,8H2,1-2H3,(H,20,21)(H,22,23);1-5,9H,6-7,11-12H2/t;9-/m.0/s1. The quantitative estimate of drug-likeness (QED) is 0.237. The second kappa shape index (κ2) is 15.2. The first-order valence-corrected chi connectivity index (χ1v) is 12.2. The van der Waals surface area contributed by atoms with Crippen molar-refractivity contribution in [1.82, 2.24) is 0 Å². The molecule has 0 spiro atoms. The van der Waals surface area contributed by atoms with Crippen molar-refractivity contribution < 1.29 is 24.2 Å². The fourth-order valence-electron chi connectivity index (χ4n) is 3.60. The molecule has 2 atom stereocenters. The molecule has 0 aliphatic carbocycles. The molecule has 3 rings (SSSR count). The van der Waals surface area contributed by atoms with Gasteiger partial charge in [0.25, 0.3) is 0 Å². The number of benzene rings is 3. The van der Waals surface area contributed by atoms with Crippen molar-refractivity contribution in [3.05, 3.63) is 90.0 Å². The van der Waals surface area contributed by atoms with E-state index < -0.39 is 24.1 Å². The number of para-hydroxylation sites is 1. The first kappa shape index (κ1) is 29.2. The molecule has 0 aliphatic heterocycles. The molecule has 0 bridgehead atoms. The van der Waals surface area contributed by atoms with Crippen LogP contribution >= 0.6 is 0 Å². The van der Waals surface area contributed by atoms with Crippen LogP contribution in [0.5, 0.6) is 0 Å². The summed E-state index contributed by atoms with van der Waals surface area (Å²) in [7, 11) is 0. The summed E-state index contributed by atoms with van der Waals surface area (Å²) in [5.41, 5.74) is 14.7. The Balaban J connectivity index is 0.000000294. The van der Waals surface area contributed by atoms with E-state index in [0.29, 0.717) is 24.1 Å². The Kier molecular flexibility index (Phi) is 12.0. The zero-order chi connectivity index (χ0) is 27.2. The third-order valence-corrected chi connectivity index (χ3v) is 5.49. The van der Waals surface area contributed by atoms with Gasteiger partial charge in [0.1, 0.15) is 0 Å². The van der Waals surface area contributed by atoms with Crippen LogP contribution in [-0.2, 0) is 25.5 Å². The highest BCUT2D eigenvalue weighted by molar-refractivity contribution is 5.98. The highest BCUT2D eigenvalue weighted by Crippen LogP contribution is 2.35. The van der Waals surface area contributed by atoms with E-state index in [-0.39, 0.29) is 12.5 Å². The number of anilines is 1. The van der Waals surface area contributed by atoms with Gasteiger partial charge in [-0.15, -0.1) is 0 Å². The molecule has 6 N–H and O–H groups in total. The van der Waals surface area contributed by atoms with Crippen LogP contribution in [0.4, 0.5) is 5.69 Å². The molecule has 0 radical (unpaired) electrons. The highest BCUT2D eigenvalue weighted by Gasteiger charge is 2.21. The molecule has 8 nitrogen and oxygen atoms in total. The first-order chi connectivity index (χ1) is 17.8. The molecular formula is C29H35N3O5. The molecule has 0 saturated carbocycles. The topological polar surface area (TPSA) is 145 Å². The number of carboxylic acids is 1. The fourth-order valence-corrected chi connectivity index (χ4v) is 3.60. The number of carbonyl (C=O) groups excluding carboxylic acids is 2. The molecule has 0 aromatic heterocycles. The van der Waals surface area contributed by atoms with E-state index in [1.165, 1.54) is 0 Å². The molecule has 3 aromatic rings. The summed E-state index contributed by atoms with van der Waals surface area (Å²) < 4.78 is 4.82. The van der Waals surface area contributed by atoms with Gasteiger partial charge >= 0.3 is 11.9 Å². The fraction of sp³-hybridized carbons (Fsp3) is 0.276. The van der Waals surface area contributed by atoms with Gasteiger partial charge in [0.15, 0.2) is 6.23 Å². The number of hydrogen-bond donors (Lipinski definition) is 4. The number of carbonyl (C=O) groups is 3. The number of ether oxygens (including phenoxy) is 1. The maximum atomic E-state index is 12.1. The van der Waals surface area contributed by atoms with Crippen LogP contribution < -0.4 is 16.8 Å². The summed E-state index contributed by atoms with van der Waals surface area (Å²) in [6, 6.07) is 24.7. The lowest BCUT2D eigenvalue weighted by molar-refractivity contribution is -0.147. The number of carboxylic acid groups (broad SMARTS) is 1. The molecule has 1 amide bonds. The Morgan fingerprint density at radius 1 is 0.946 bits per heavy atom. The van der Waals surface area contributed by atoms with Gasteiger partial charge in [-0.3, -0.25) is 20.1 Å². The lowest BCUT2D eigenvalue weighted by Crippen LogP contribution is -2.32. The van der Waals surface area contributed by atoms with Crippen LogP contribution in [0, 0.1) is 0 Å². The van der Waals surface area contributed by atoms with Crippen molar-refractivity contribution in [2.75, 3.05) is 11.9 Å². The number of esters is 1. The lowest BCUT2D eigenvalue weighted by atomic mass is 9.93. The molecule has 0 heterocycles. The average Bonchev–Trinajstić information content (AvgIpc) is 2.89. The number of rotatable bonds is 10. The molecule has 0 fully saturated rings. The van der Waals surface area contributed by atoms with E-state index >= 15 is 0 Å². The zero-order valence-electron chi connectivity index (χ0n) is 21.2. The van der Waals surface area contributed by atoms with E-state index in [4.69, 9.17) is 16.2 Å². The van der Waals surface area contributed by atoms with Crippen LogP contribution in [-0.4, -0.2) is 35.7 Å². The van der Waals surface area contributed by atoms with Gasteiger partial charge in [-0.2, -0.15) is 0 Å². The SMILES string of the molecule is CCCC(=O)Nc1c(-c2ccccc2)cccc1C(C)C(=O)O.NCC(=O)O[C@H](N)Cc1ccccc1. The Morgan fingerprint density at radius 3 is 2.14 bits per heavy atom. The van der Waals surface area contributed by atoms with Crippen LogP contribution in [0.25, 0.3) is 11.1 Å². The molecule has 196 valence electrons. The van der Waals surface area contributed by atoms with Crippen LogP contribution in [0.3, 0.4) is 0 Å². The van der Waals surface area contributed by atoms with Crippen molar-refractivity contribution >= 4 is 23.5 Å². The summed E-state index contributed by atoms with van der Waals surface area (Å²) in [5, 5.41) is 12.3. The predicted molar refractivity (Wildman–Crippen MR) is 145 cm³/mol. The van der Waals surface area contributed by atoms with Gasteiger partial charge in [-0.1, -0.05) is 85.8 Å². The third kappa shape index (κ3) is 9.51. The molecule has 37 heavy (non-hydrogen) atoms. The van der Waals surface area contributed by atoms with Gasteiger partial charge in [0.2, 0.25) is 5.91 Å². The van der Waals surface area contributed by atoms with Crippen molar-refractivity contribution in [2.45, 2.75) is 45.3 Å². The number of aliphatic carboxylic acids is 1. The van der Waals surface area contributed by atoms with Gasteiger partial charge < -0.3 is 20.9 Å². The molecule has 0 saturated heterocycles. The second-order valence-electron chi connectivity index (χ2n) is 8.42. The van der Waals surface area contributed by atoms with Crippen molar-refractivity contribution in [1.29, 1.82) is 0 Å². The Bertz CT molecular complexity index is 1150. The maximum Gasteiger partial charge on any atom is 0.321 e. The van der Waals surface area contributed by atoms with Crippen molar-refractivity contribution in [3.8, 4) is 11.1 Å². The van der Waals surface area contributed by atoms with E-state index in [0.717, 1.165) is 23.1 Å². The number of nitrogens with two attached hydrogens (primary N) is 2. The largest absolute Gasteiger partial charge is 0.481 e. The summed E-state index contributed by atoms with van der Waals surface area (Å²) >= 11 is 0. The Hall–Kier alpha value is -4.01. The van der Waals surface area contributed by atoms with Crippen molar-refractivity contribution in [2.24, 2.45) is 11.5 Å². The number of amides is 1. The molecule has 8 heteroatoms. The minimum Gasteiger partial charge on any atom is -0.481 e. The molecule has 0 aliphatic rings. The van der Waals surface area contributed by atoms with Crippen LogP contribution in [0.15, 0.2) is 78.9 Å². The average molecular weight is 506 g/mol. The van der Waals surface area contributed by atoms with Gasteiger partial charge in [0, 0.05) is 18.4 Å². The normalized spacial score (nSPS) is 11.9. The van der Waals surface area contributed by atoms with E-state index in [1.807, 2.05) is 79.7 Å². The zero-order valence-corrected chi connectivity index (χ0v) is 21.2. The minimum absolute atomic E-state index is 0.102. The number of nitrogens with one attached hydrogen (secondary N) is 1. The van der Waals surface area contributed by atoms with E-state index in [9.17, 15) is 19.5 Å². The monoisotopic (exact) mass is 505 g/mol. The van der Waals surface area contributed by atoms with Crippen LogP contribution in [0.2, 0.25) is 0 Å². The Morgan fingerprint density at radius 2 is 1.57 bits per heavy atom. The minimum atomic E-state index is -0.916. The summed E-state index contributed by atoms with van der Waals surface area (Å²) in [5.74, 6) is -2.19. The predicted octanol–water partition coefficient (Wildman–Crippen LogP) is 4.30. The molecule has 1 unspecified atom stereocenters. The maximum absolute atomic E-state index is 12.1. The molecular weight excluding hydrogens is 470 g/mol. The highest BCUT2D eigenvalue weighted by atomic mass is 16.6. The van der Waals surface area contributed by atoms with Gasteiger partial charge in [-0.05, 0) is 30.0 Å². The van der Waals surface area contributed by atoms with Gasteiger partial charge in [0.05, 0.1) is 18.2 Å². The number of hydrogen-bond acceptors (Lipinski definition) is 6. The van der Waals surface area contributed by atoms with E-state index in [1.54, 1.807) is 13.0 Å². The van der Waals surface area contributed by atoms with Gasteiger partial charge in [-0.25, -0.2) is 0 Å². The van der Waals surface area contributed by atoms with E-state index in [2.05, 4.69) is 5.32 Å². The lowest BCUT2D eigenvalue weighted by Gasteiger charge is -2.18.